The fraction of sp³-hybridized carbons (Fsp3) is 0.455. The highest BCUT2D eigenvalue weighted by molar-refractivity contribution is 9.10. The van der Waals surface area contributed by atoms with Gasteiger partial charge in [0.15, 0.2) is 9.84 Å². The number of rotatable bonds is 4. The molecule has 1 aromatic carbocycles. The van der Waals surface area contributed by atoms with Crippen molar-refractivity contribution in [1.82, 2.24) is 0 Å². The molecule has 0 amide bonds. The molecular weight excluding hydrogens is 326 g/mol. The summed E-state index contributed by atoms with van der Waals surface area (Å²) in [5, 5.41) is 0. The first-order chi connectivity index (χ1) is 7.34. The minimum atomic E-state index is -3.20. The van der Waals surface area contributed by atoms with Crippen molar-refractivity contribution < 1.29 is 8.42 Å². The van der Waals surface area contributed by atoms with E-state index in [4.69, 9.17) is 5.73 Å². The largest absolute Gasteiger partial charge is 0.327 e. The van der Waals surface area contributed by atoms with Gasteiger partial charge in [0.2, 0.25) is 0 Å². The van der Waals surface area contributed by atoms with Gasteiger partial charge in [-0.15, -0.1) is 12.4 Å². The second kappa shape index (κ2) is 6.73. The lowest BCUT2D eigenvalue weighted by molar-refractivity contribution is 0.597. The zero-order valence-corrected chi connectivity index (χ0v) is 13.0. The Morgan fingerprint density at radius 1 is 1.41 bits per heavy atom. The Bertz CT molecular complexity index is 476. The van der Waals surface area contributed by atoms with Crippen LogP contribution in [-0.4, -0.2) is 20.7 Å². The lowest BCUT2D eigenvalue weighted by Gasteiger charge is -2.12. The van der Waals surface area contributed by atoms with Crippen LogP contribution in [0.3, 0.4) is 0 Å². The monoisotopic (exact) mass is 341 g/mol. The van der Waals surface area contributed by atoms with Gasteiger partial charge in [-0.2, -0.15) is 0 Å². The molecule has 3 nitrogen and oxygen atoms in total. The Morgan fingerprint density at radius 3 is 2.47 bits per heavy atom. The molecule has 0 aliphatic carbocycles. The van der Waals surface area contributed by atoms with Crippen LogP contribution < -0.4 is 5.73 Å². The molecule has 0 aliphatic rings. The standard InChI is InChI=1S/C11H16BrNO2S.ClH/c1-3-10(13)6-8-4-5-9(12)7-11(8)16(2,14)15;/h4-5,7,10H,3,6,13H2,1-2H3;1H. The fourth-order valence-electron chi connectivity index (χ4n) is 1.47. The summed E-state index contributed by atoms with van der Waals surface area (Å²) in [5.41, 5.74) is 6.64. The van der Waals surface area contributed by atoms with Crippen LogP contribution in [0.5, 0.6) is 0 Å². The molecule has 0 heterocycles. The molecule has 0 saturated heterocycles. The van der Waals surface area contributed by atoms with E-state index in [0.29, 0.717) is 11.3 Å². The van der Waals surface area contributed by atoms with Crippen molar-refractivity contribution in [3.63, 3.8) is 0 Å². The lowest BCUT2D eigenvalue weighted by Crippen LogP contribution is -2.22. The molecule has 0 fully saturated rings. The molecule has 0 saturated carbocycles. The van der Waals surface area contributed by atoms with Gasteiger partial charge in [-0.3, -0.25) is 0 Å². The second-order valence-electron chi connectivity index (χ2n) is 3.90. The van der Waals surface area contributed by atoms with Crippen molar-refractivity contribution in [3.8, 4) is 0 Å². The van der Waals surface area contributed by atoms with Crippen LogP contribution in [0.2, 0.25) is 0 Å². The molecule has 0 bridgehead atoms. The molecule has 2 N–H and O–H groups in total. The first kappa shape index (κ1) is 16.9. The summed E-state index contributed by atoms with van der Waals surface area (Å²) >= 11 is 3.28. The van der Waals surface area contributed by atoms with Crippen LogP contribution in [0.1, 0.15) is 18.9 Å². The first-order valence-electron chi connectivity index (χ1n) is 5.08. The lowest BCUT2D eigenvalue weighted by atomic mass is 10.1. The molecule has 0 radical (unpaired) electrons. The number of nitrogens with two attached hydrogens (primary N) is 1. The molecule has 1 rings (SSSR count). The van der Waals surface area contributed by atoms with E-state index in [1.807, 2.05) is 19.1 Å². The molecule has 1 aromatic rings. The summed E-state index contributed by atoms with van der Waals surface area (Å²) in [6, 6.07) is 5.29. The highest BCUT2D eigenvalue weighted by Crippen LogP contribution is 2.22. The van der Waals surface area contributed by atoms with Crippen molar-refractivity contribution in [2.24, 2.45) is 5.73 Å². The number of hydrogen-bond donors (Lipinski definition) is 1. The topological polar surface area (TPSA) is 60.2 Å². The third-order valence-electron chi connectivity index (χ3n) is 2.44. The molecule has 1 atom stereocenters. The maximum atomic E-state index is 11.6. The molecular formula is C11H17BrClNO2S. The zero-order valence-electron chi connectivity index (χ0n) is 9.81. The molecule has 98 valence electrons. The normalized spacial score (nSPS) is 12.9. The maximum Gasteiger partial charge on any atom is 0.175 e. The van der Waals surface area contributed by atoms with Gasteiger partial charge in [0.05, 0.1) is 4.90 Å². The third-order valence-corrected chi connectivity index (χ3v) is 4.11. The number of benzene rings is 1. The number of sulfone groups is 1. The van der Waals surface area contributed by atoms with E-state index in [9.17, 15) is 8.42 Å². The summed E-state index contributed by atoms with van der Waals surface area (Å²) in [5.74, 6) is 0. The molecule has 17 heavy (non-hydrogen) atoms. The molecule has 0 spiro atoms. The van der Waals surface area contributed by atoms with Gasteiger partial charge in [0.25, 0.3) is 0 Å². The Morgan fingerprint density at radius 2 is 2.00 bits per heavy atom. The van der Waals surface area contributed by atoms with E-state index >= 15 is 0 Å². The van der Waals surface area contributed by atoms with Crippen LogP contribution in [0, 0.1) is 0 Å². The summed E-state index contributed by atoms with van der Waals surface area (Å²) in [7, 11) is -3.20. The maximum absolute atomic E-state index is 11.6. The smallest absolute Gasteiger partial charge is 0.175 e. The quantitative estimate of drug-likeness (QED) is 0.915. The van der Waals surface area contributed by atoms with Crippen LogP contribution >= 0.6 is 28.3 Å². The van der Waals surface area contributed by atoms with Gasteiger partial charge in [0.1, 0.15) is 0 Å². The van der Waals surface area contributed by atoms with Gasteiger partial charge < -0.3 is 5.73 Å². The average molecular weight is 343 g/mol. The summed E-state index contributed by atoms with van der Waals surface area (Å²) in [4.78, 5) is 0.366. The second-order valence-corrected chi connectivity index (χ2v) is 6.80. The van der Waals surface area contributed by atoms with Gasteiger partial charge in [-0.05, 0) is 30.5 Å². The van der Waals surface area contributed by atoms with Crippen LogP contribution in [-0.2, 0) is 16.3 Å². The van der Waals surface area contributed by atoms with Gasteiger partial charge >= 0.3 is 0 Å². The highest BCUT2D eigenvalue weighted by Gasteiger charge is 2.15. The van der Waals surface area contributed by atoms with Crippen molar-refractivity contribution in [2.45, 2.75) is 30.7 Å². The van der Waals surface area contributed by atoms with Gasteiger partial charge in [-0.1, -0.05) is 28.9 Å². The van der Waals surface area contributed by atoms with Crippen molar-refractivity contribution in [2.75, 3.05) is 6.26 Å². The van der Waals surface area contributed by atoms with Crippen LogP contribution in [0.4, 0.5) is 0 Å². The Hall–Kier alpha value is -0.100. The van der Waals surface area contributed by atoms with E-state index in [1.54, 1.807) is 6.07 Å². The van der Waals surface area contributed by atoms with E-state index in [-0.39, 0.29) is 18.4 Å². The van der Waals surface area contributed by atoms with Crippen molar-refractivity contribution in [1.29, 1.82) is 0 Å². The molecule has 0 aromatic heterocycles. The molecule has 0 aliphatic heterocycles. The van der Waals surface area contributed by atoms with Gasteiger partial charge in [0, 0.05) is 16.8 Å². The minimum absolute atomic E-state index is 0. The van der Waals surface area contributed by atoms with Gasteiger partial charge in [-0.25, -0.2) is 8.42 Å². The van der Waals surface area contributed by atoms with Crippen LogP contribution in [0.15, 0.2) is 27.6 Å². The van der Waals surface area contributed by atoms with E-state index < -0.39 is 9.84 Å². The summed E-state index contributed by atoms with van der Waals surface area (Å²) in [6.07, 6.45) is 2.64. The fourth-order valence-corrected chi connectivity index (χ4v) is 2.95. The predicted octanol–water partition coefficient (Wildman–Crippen LogP) is 2.55. The molecule has 1 unspecified atom stereocenters. The summed E-state index contributed by atoms with van der Waals surface area (Å²) in [6.45, 7) is 1.99. The predicted molar refractivity (Wildman–Crippen MR) is 76.5 cm³/mol. The SMILES string of the molecule is CCC(N)Cc1ccc(Br)cc1S(C)(=O)=O.Cl. The zero-order chi connectivity index (χ0) is 12.3. The average Bonchev–Trinajstić information content (AvgIpc) is 2.19. The molecule has 6 heteroatoms. The Balaban J connectivity index is 0.00000256. The third kappa shape index (κ3) is 4.95. The van der Waals surface area contributed by atoms with E-state index in [2.05, 4.69) is 15.9 Å². The first-order valence-corrected chi connectivity index (χ1v) is 7.77. The van der Waals surface area contributed by atoms with E-state index in [1.165, 1.54) is 6.26 Å². The number of hydrogen-bond acceptors (Lipinski definition) is 3. The minimum Gasteiger partial charge on any atom is -0.327 e. The Labute approximate surface area is 117 Å². The van der Waals surface area contributed by atoms with Crippen molar-refractivity contribution >= 4 is 38.2 Å². The number of halogens is 2. The van der Waals surface area contributed by atoms with Crippen LogP contribution in [0.25, 0.3) is 0 Å². The highest BCUT2D eigenvalue weighted by atomic mass is 79.9. The Kier molecular flexibility index (Phi) is 6.69. The van der Waals surface area contributed by atoms with E-state index in [0.717, 1.165) is 16.5 Å². The van der Waals surface area contributed by atoms with Crippen molar-refractivity contribution in [3.05, 3.63) is 28.2 Å². The summed E-state index contributed by atoms with van der Waals surface area (Å²) < 4.78 is 24.0.